The molecule has 1 heterocycles. The Bertz CT molecular complexity index is 2560. The molecule has 0 spiro atoms. The Hall–Kier alpha value is -6.32. The van der Waals surface area contributed by atoms with Crippen LogP contribution in [0.1, 0.15) is 0 Å². The van der Waals surface area contributed by atoms with Gasteiger partial charge in [0.15, 0.2) is 0 Å². The van der Waals surface area contributed by atoms with E-state index < -0.39 is 0 Å². The molecule has 1 aromatic heterocycles. The van der Waals surface area contributed by atoms with Crippen LogP contribution in [-0.4, -0.2) is 4.57 Å². The lowest BCUT2D eigenvalue weighted by atomic mass is 10.0. The highest BCUT2D eigenvalue weighted by atomic mass is 15.0. The summed E-state index contributed by atoms with van der Waals surface area (Å²) in [4.78, 5) is 0. The third-order valence-electron chi connectivity index (χ3n) is 9.06. The minimum atomic E-state index is 1.02. The Balaban J connectivity index is 1.25. The van der Waals surface area contributed by atoms with Crippen molar-refractivity contribution in [2.45, 2.75) is 0 Å². The number of nitrogens with one attached hydrogen (secondary N) is 2. The van der Waals surface area contributed by atoms with Crippen LogP contribution in [0.25, 0.3) is 60.2 Å². The van der Waals surface area contributed by atoms with Gasteiger partial charge in [0.1, 0.15) is 0 Å². The number of para-hydroxylation sites is 2. The maximum Gasteiger partial charge on any atom is 0.0619 e. The second-order valence-electron chi connectivity index (χ2n) is 12.0. The van der Waals surface area contributed by atoms with Crippen molar-refractivity contribution in [2.24, 2.45) is 0 Å². The summed E-state index contributed by atoms with van der Waals surface area (Å²) in [6, 6.07) is 62.8. The predicted molar refractivity (Wildman–Crippen MR) is 201 cm³/mol. The van der Waals surface area contributed by atoms with E-state index in [2.05, 4.69) is 185 Å². The van der Waals surface area contributed by atoms with Crippen molar-refractivity contribution in [3.8, 4) is 16.8 Å². The molecule has 0 aliphatic heterocycles. The quantitative estimate of drug-likeness (QED) is 0.198. The van der Waals surface area contributed by atoms with Gasteiger partial charge in [0.2, 0.25) is 0 Å². The van der Waals surface area contributed by atoms with Gasteiger partial charge in [-0.05, 0) is 76.5 Å². The molecule has 0 atom stereocenters. The Morgan fingerprint density at radius 3 is 1.81 bits per heavy atom. The van der Waals surface area contributed by atoms with E-state index in [1.807, 2.05) is 6.07 Å². The fourth-order valence-electron chi connectivity index (χ4n) is 6.92. The van der Waals surface area contributed by atoms with Crippen LogP contribution in [0.3, 0.4) is 0 Å². The van der Waals surface area contributed by atoms with Gasteiger partial charge in [-0.15, -0.1) is 0 Å². The first-order valence-corrected chi connectivity index (χ1v) is 16.0. The molecule has 0 aliphatic rings. The molecule has 9 rings (SSSR count). The van der Waals surface area contributed by atoms with Crippen LogP contribution >= 0.6 is 0 Å². The predicted octanol–water partition coefficient (Wildman–Crippen LogP) is 12.2. The lowest BCUT2D eigenvalue weighted by molar-refractivity contribution is 1.19. The van der Waals surface area contributed by atoms with Crippen molar-refractivity contribution in [3.63, 3.8) is 0 Å². The van der Waals surface area contributed by atoms with Crippen LogP contribution in [0.15, 0.2) is 176 Å². The number of rotatable bonds is 6. The average molecular weight is 602 g/mol. The maximum atomic E-state index is 3.75. The molecular formula is C44H31N3. The minimum absolute atomic E-state index is 1.02. The summed E-state index contributed by atoms with van der Waals surface area (Å²) in [5, 5.41) is 14.8. The van der Waals surface area contributed by atoms with Crippen molar-refractivity contribution in [2.75, 3.05) is 10.6 Å². The van der Waals surface area contributed by atoms with Crippen molar-refractivity contribution in [1.82, 2.24) is 4.57 Å². The summed E-state index contributed by atoms with van der Waals surface area (Å²) < 4.78 is 2.43. The van der Waals surface area contributed by atoms with E-state index in [4.69, 9.17) is 0 Å². The normalized spacial score (nSPS) is 11.4. The second kappa shape index (κ2) is 11.2. The van der Waals surface area contributed by atoms with Gasteiger partial charge in [0.25, 0.3) is 0 Å². The summed E-state index contributed by atoms with van der Waals surface area (Å²) >= 11 is 0. The van der Waals surface area contributed by atoms with Crippen molar-refractivity contribution < 1.29 is 0 Å². The first kappa shape index (κ1) is 27.0. The molecule has 2 N–H and O–H groups in total. The van der Waals surface area contributed by atoms with E-state index in [0.29, 0.717) is 0 Å². The highest BCUT2D eigenvalue weighted by Crippen LogP contribution is 2.39. The molecule has 0 unspecified atom stereocenters. The van der Waals surface area contributed by atoms with E-state index in [-0.39, 0.29) is 0 Å². The summed E-state index contributed by atoms with van der Waals surface area (Å²) in [5.74, 6) is 0. The Labute approximate surface area is 273 Å². The van der Waals surface area contributed by atoms with E-state index in [0.717, 1.165) is 39.6 Å². The fraction of sp³-hybridized carbons (Fsp3) is 0. The fourth-order valence-corrected chi connectivity index (χ4v) is 6.92. The van der Waals surface area contributed by atoms with Gasteiger partial charge >= 0.3 is 0 Å². The lowest BCUT2D eigenvalue weighted by Crippen LogP contribution is -1.96. The highest BCUT2D eigenvalue weighted by Gasteiger charge is 2.16. The number of hydrogen-bond donors (Lipinski definition) is 2. The Morgan fingerprint density at radius 2 is 1.00 bits per heavy atom. The molecule has 222 valence electrons. The van der Waals surface area contributed by atoms with Gasteiger partial charge < -0.3 is 15.2 Å². The van der Waals surface area contributed by atoms with Gasteiger partial charge in [0, 0.05) is 50.0 Å². The van der Waals surface area contributed by atoms with E-state index in [9.17, 15) is 0 Å². The number of hydrogen-bond acceptors (Lipinski definition) is 2. The van der Waals surface area contributed by atoms with Gasteiger partial charge in [-0.25, -0.2) is 0 Å². The smallest absolute Gasteiger partial charge is 0.0619 e. The van der Waals surface area contributed by atoms with Crippen molar-refractivity contribution >= 4 is 66.1 Å². The van der Waals surface area contributed by atoms with E-state index in [1.54, 1.807) is 0 Å². The van der Waals surface area contributed by atoms with Crippen LogP contribution < -0.4 is 10.6 Å². The molecule has 0 saturated heterocycles. The zero-order chi connectivity index (χ0) is 31.2. The summed E-state index contributed by atoms with van der Waals surface area (Å²) in [7, 11) is 0. The number of fused-ring (bicyclic) bond motifs is 6. The van der Waals surface area contributed by atoms with Crippen LogP contribution in [-0.2, 0) is 0 Å². The number of anilines is 4. The molecule has 3 heteroatoms. The third-order valence-corrected chi connectivity index (χ3v) is 9.06. The highest BCUT2D eigenvalue weighted by molar-refractivity contribution is 6.19. The molecule has 3 nitrogen and oxygen atoms in total. The molecule has 0 radical (unpaired) electrons. The molecule has 0 fully saturated rings. The topological polar surface area (TPSA) is 29.0 Å². The van der Waals surface area contributed by atoms with Gasteiger partial charge in [-0.2, -0.15) is 0 Å². The molecule has 9 aromatic rings. The average Bonchev–Trinajstić information content (AvgIpc) is 3.47. The Kier molecular flexibility index (Phi) is 6.46. The van der Waals surface area contributed by atoms with Crippen molar-refractivity contribution in [3.05, 3.63) is 176 Å². The number of benzene rings is 8. The van der Waals surface area contributed by atoms with Crippen LogP contribution in [0.5, 0.6) is 0 Å². The molecule has 0 amide bonds. The van der Waals surface area contributed by atoms with Crippen LogP contribution in [0.4, 0.5) is 22.7 Å². The van der Waals surface area contributed by atoms with Gasteiger partial charge in [0.05, 0.1) is 11.0 Å². The van der Waals surface area contributed by atoms with Crippen LogP contribution in [0, 0.1) is 0 Å². The molecule has 8 aromatic carbocycles. The summed E-state index contributed by atoms with van der Waals surface area (Å²) in [5.41, 5.74) is 10.0. The van der Waals surface area contributed by atoms with Gasteiger partial charge in [-0.3, -0.25) is 0 Å². The summed E-state index contributed by atoms with van der Waals surface area (Å²) in [6.45, 7) is 0. The molecule has 47 heavy (non-hydrogen) atoms. The summed E-state index contributed by atoms with van der Waals surface area (Å²) in [6.07, 6.45) is 0. The number of aromatic nitrogens is 1. The standard InChI is InChI=1S/C44H31N3/c1-3-15-34(16-4-1)45-35-26-33(27-36(29-35)46-42-21-11-14-30-12-7-9-19-38(30)42)32-23-24-40-41-25-22-31-13-8-10-20-39(31)44(41)47(43(40)28-32)37-17-5-2-6-18-37/h1-29,45-46H. The second-order valence-corrected chi connectivity index (χ2v) is 12.0. The molecule has 0 bridgehead atoms. The lowest BCUT2D eigenvalue weighted by Gasteiger charge is -2.15. The maximum absolute atomic E-state index is 3.75. The zero-order valence-corrected chi connectivity index (χ0v) is 25.7. The third kappa shape index (κ3) is 4.86. The Morgan fingerprint density at radius 1 is 0.362 bits per heavy atom. The van der Waals surface area contributed by atoms with E-state index >= 15 is 0 Å². The number of nitrogens with zero attached hydrogens (tertiary/aromatic N) is 1. The molecular weight excluding hydrogens is 571 g/mol. The first-order chi connectivity index (χ1) is 23.3. The minimum Gasteiger partial charge on any atom is -0.355 e. The van der Waals surface area contributed by atoms with Gasteiger partial charge in [-0.1, -0.05) is 121 Å². The SMILES string of the molecule is c1ccc(Nc2cc(Nc3cccc4ccccc34)cc(-c3ccc4c5ccc6ccccc6c5n(-c5ccccc5)c4c3)c2)cc1. The van der Waals surface area contributed by atoms with E-state index in [1.165, 1.54) is 43.4 Å². The largest absolute Gasteiger partial charge is 0.355 e. The van der Waals surface area contributed by atoms with Crippen molar-refractivity contribution in [1.29, 1.82) is 0 Å². The zero-order valence-electron chi connectivity index (χ0n) is 25.7. The molecule has 0 aliphatic carbocycles. The molecule has 0 saturated carbocycles. The first-order valence-electron chi connectivity index (χ1n) is 16.0. The monoisotopic (exact) mass is 601 g/mol. The van der Waals surface area contributed by atoms with Crippen LogP contribution in [0.2, 0.25) is 0 Å².